The Balaban J connectivity index is 1.54. The monoisotopic (exact) mass is 686 g/mol. The molecule has 0 aromatic carbocycles. The molecule has 20 heteroatoms. The predicted molar refractivity (Wildman–Crippen MR) is 180 cm³/mol. The van der Waals surface area contributed by atoms with Crippen molar-refractivity contribution in [2.75, 3.05) is 25.2 Å². The number of nitrogens with two attached hydrogens (primary N) is 2. The van der Waals surface area contributed by atoms with Crippen molar-refractivity contribution >= 4 is 46.4 Å². The number of aryl methyl sites for hydroxylation is 4. The number of rotatable bonds is 15. The van der Waals surface area contributed by atoms with Gasteiger partial charge in [0.15, 0.2) is 40.4 Å². The van der Waals surface area contributed by atoms with E-state index in [1.807, 2.05) is 6.92 Å². The summed E-state index contributed by atoms with van der Waals surface area (Å²) in [5.41, 5.74) is 15.2. The van der Waals surface area contributed by atoms with Crippen LogP contribution in [0.15, 0.2) is 45.2 Å². The van der Waals surface area contributed by atoms with Crippen LogP contribution in [0.2, 0.25) is 0 Å². The summed E-state index contributed by atoms with van der Waals surface area (Å²) in [6.45, 7) is 3.40. The van der Waals surface area contributed by atoms with Crippen LogP contribution in [-0.4, -0.2) is 79.7 Å². The Kier molecular flexibility index (Phi) is 10.8. The van der Waals surface area contributed by atoms with Crippen molar-refractivity contribution in [3.63, 3.8) is 0 Å². The highest BCUT2D eigenvalue weighted by molar-refractivity contribution is 6.00. The zero-order valence-corrected chi connectivity index (χ0v) is 28.3. The summed E-state index contributed by atoms with van der Waals surface area (Å²) in [5.74, 6) is -0.159. The van der Waals surface area contributed by atoms with Gasteiger partial charge in [0.2, 0.25) is 11.6 Å². The summed E-state index contributed by atoms with van der Waals surface area (Å²) >= 11 is 0. The average molecular weight is 687 g/mol. The Morgan fingerprint density at radius 1 is 0.780 bits per heavy atom. The van der Waals surface area contributed by atoms with Crippen LogP contribution < -0.4 is 11.5 Å². The van der Waals surface area contributed by atoms with Gasteiger partial charge < -0.3 is 21.3 Å². The van der Waals surface area contributed by atoms with Gasteiger partial charge in [-0.3, -0.25) is 14.2 Å². The minimum atomic E-state index is -0.697. The highest BCUT2D eigenvalue weighted by atomic mass is 16.5. The quantitative estimate of drug-likeness (QED) is 0.0803. The molecule has 5 rings (SSSR count). The number of azo groups is 2. The number of ether oxygens (including phenoxy) is 1. The van der Waals surface area contributed by atoms with Gasteiger partial charge in [-0.2, -0.15) is 29.8 Å². The van der Waals surface area contributed by atoms with Crippen LogP contribution in [0.3, 0.4) is 0 Å². The van der Waals surface area contributed by atoms with E-state index in [1.54, 1.807) is 20.2 Å². The largest absolute Gasteiger partial charge is 0.465 e. The van der Waals surface area contributed by atoms with Crippen molar-refractivity contribution in [3.05, 3.63) is 47.3 Å². The number of nitrogens with zero attached hydrogens (tertiary/aromatic N) is 14. The van der Waals surface area contributed by atoms with Gasteiger partial charge in [-0.1, -0.05) is 26.7 Å². The van der Waals surface area contributed by atoms with Crippen LogP contribution in [0.5, 0.6) is 0 Å². The molecule has 5 aromatic rings. The Bertz CT molecular complexity index is 1930. The minimum absolute atomic E-state index is 0.0371. The van der Waals surface area contributed by atoms with E-state index in [0.29, 0.717) is 41.6 Å². The minimum Gasteiger partial charge on any atom is -0.465 e. The molecule has 0 atom stereocenters. The van der Waals surface area contributed by atoms with Crippen LogP contribution in [0.4, 0.5) is 34.6 Å². The molecule has 50 heavy (non-hydrogen) atoms. The van der Waals surface area contributed by atoms with E-state index in [2.05, 4.69) is 47.5 Å². The molecule has 0 aliphatic rings. The SMILES string of the molecule is CCCCc1nn(-c2cc(-n3nc(CCCC)c(N=Nc4nn(C)cc4C(=O)OC)c3N)ncn2)c(N)c1N=Nc1nn(C)cc1C(=O)CO. The molecule has 20 nitrogen and oxygen atoms in total. The first kappa shape index (κ1) is 35.1. The van der Waals surface area contributed by atoms with Gasteiger partial charge in [0.1, 0.15) is 18.5 Å². The third kappa shape index (κ3) is 7.28. The summed E-state index contributed by atoms with van der Waals surface area (Å²) in [5, 5.41) is 44.3. The smallest absolute Gasteiger partial charge is 0.343 e. The first-order valence-electron chi connectivity index (χ1n) is 15.8. The van der Waals surface area contributed by atoms with E-state index in [1.165, 1.54) is 44.6 Å². The summed E-state index contributed by atoms with van der Waals surface area (Å²) in [7, 11) is 4.55. The second kappa shape index (κ2) is 15.4. The van der Waals surface area contributed by atoms with Crippen molar-refractivity contribution in [1.29, 1.82) is 0 Å². The maximum absolute atomic E-state index is 12.2. The third-order valence-electron chi connectivity index (χ3n) is 7.49. The van der Waals surface area contributed by atoms with Gasteiger partial charge in [-0.25, -0.2) is 14.8 Å². The normalized spacial score (nSPS) is 11.7. The Morgan fingerprint density at radius 3 is 1.72 bits per heavy atom. The lowest BCUT2D eigenvalue weighted by Crippen LogP contribution is -2.09. The van der Waals surface area contributed by atoms with Crippen molar-refractivity contribution in [2.24, 2.45) is 34.6 Å². The number of carbonyl (C=O) groups excluding carboxylic acids is 2. The Hall–Kier alpha value is -6.18. The molecule has 0 radical (unpaired) electrons. The van der Waals surface area contributed by atoms with Crippen LogP contribution in [0, 0.1) is 0 Å². The maximum Gasteiger partial charge on any atom is 0.343 e. The van der Waals surface area contributed by atoms with E-state index in [0.717, 1.165) is 25.7 Å². The number of hydrogen-bond donors (Lipinski definition) is 3. The number of hydrogen-bond acceptors (Lipinski definition) is 16. The predicted octanol–water partition coefficient (Wildman–Crippen LogP) is 3.96. The number of anilines is 2. The molecule has 5 aromatic heterocycles. The number of methoxy groups -OCH3 is 1. The summed E-state index contributed by atoms with van der Waals surface area (Å²) in [6.07, 6.45) is 8.75. The first-order chi connectivity index (χ1) is 24.1. The number of nitrogen functional groups attached to an aromatic ring is 2. The molecular weight excluding hydrogens is 648 g/mol. The van der Waals surface area contributed by atoms with Crippen molar-refractivity contribution in [1.82, 2.24) is 49.1 Å². The van der Waals surface area contributed by atoms with E-state index >= 15 is 0 Å². The van der Waals surface area contributed by atoms with Gasteiger partial charge in [-0.05, 0) is 25.7 Å². The van der Waals surface area contributed by atoms with Gasteiger partial charge in [0.25, 0.3) is 0 Å². The van der Waals surface area contributed by atoms with Crippen LogP contribution in [0.25, 0.3) is 11.6 Å². The second-order valence-electron chi connectivity index (χ2n) is 11.2. The molecule has 5 N–H and O–H groups in total. The molecule has 0 unspecified atom stereocenters. The number of ketones is 1. The fourth-order valence-corrected chi connectivity index (χ4v) is 4.93. The van der Waals surface area contributed by atoms with E-state index < -0.39 is 18.4 Å². The molecule has 0 spiro atoms. The van der Waals surface area contributed by atoms with E-state index in [9.17, 15) is 14.7 Å². The lowest BCUT2D eigenvalue weighted by atomic mass is 10.2. The topological polar surface area (TPSA) is 262 Å². The highest BCUT2D eigenvalue weighted by Gasteiger charge is 2.23. The average Bonchev–Trinajstić information content (AvgIpc) is 3.86. The zero-order valence-electron chi connectivity index (χ0n) is 28.3. The maximum atomic E-state index is 12.2. The van der Waals surface area contributed by atoms with Crippen molar-refractivity contribution in [3.8, 4) is 11.6 Å². The summed E-state index contributed by atoms with van der Waals surface area (Å²) in [4.78, 5) is 33.2. The molecule has 0 saturated carbocycles. The highest BCUT2D eigenvalue weighted by Crippen LogP contribution is 2.34. The molecular formula is C30H38N16O4. The molecule has 0 fully saturated rings. The van der Waals surface area contributed by atoms with Gasteiger partial charge >= 0.3 is 5.97 Å². The molecule has 262 valence electrons. The zero-order chi connectivity index (χ0) is 35.9. The van der Waals surface area contributed by atoms with Crippen LogP contribution in [0.1, 0.15) is 71.6 Å². The van der Waals surface area contributed by atoms with Crippen LogP contribution >= 0.6 is 0 Å². The first-order valence-corrected chi connectivity index (χ1v) is 15.8. The number of unbranched alkanes of at least 4 members (excludes halogenated alkanes) is 2. The summed E-state index contributed by atoms with van der Waals surface area (Å²) in [6, 6.07) is 1.60. The molecule has 0 aliphatic heterocycles. The van der Waals surface area contributed by atoms with Crippen molar-refractivity contribution in [2.45, 2.75) is 52.4 Å². The van der Waals surface area contributed by atoms with Crippen LogP contribution in [-0.2, 0) is 31.7 Å². The Morgan fingerprint density at radius 2 is 1.26 bits per heavy atom. The van der Waals surface area contributed by atoms with Crippen molar-refractivity contribution < 1.29 is 19.4 Å². The fourth-order valence-electron chi connectivity index (χ4n) is 4.93. The standard InChI is InChI=1S/C30H38N16O4/c1-6-8-10-19-24(35-37-28-17(21(48)15-47)13-43(3)41-28)26(31)45(39-19)22-12-23(34-16-33-22)46-27(32)25(20(40-46)11-9-7-2)36-38-29-18(30(49)50-5)14-44(4)42-29/h12-14,16,47H,6-11,15,31-32H2,1-5H3. The lowest BCUT2D eigenvalue weighted by molar-refractivity contribution is 0.0601. The van der Waals surface area contributed by atoms with Gasteiger partial charge in [0.05, 0.1) is 24.1 Å². The molecule has 0 saturated heterocycles. The van der Waals surface area contributed by atoms with E-state index in [4.69, 9.17) is 26.4 Å². The number of aliphatic hydroxyl groups is 1. The second-order valence-corrected chi connectivity index (χ2v) is 11.2. The number of aromatic nitrogens is 10. The number of Topliss-reactive ketones (excluding diaryl/α,β-unsaturated/α-hetero) is 1. The third-order valence-corrected chi connectivity index (χ3v) is 7.49. The number of carbonyl (C=O) groups is 2. The van der Waals surface area contributed by atoms with Gasteiger partial charge in [0, 0.05) is 32.6 Å². The molecule has 0 bridgehead atoms. The number of esters is 1. The fraction of sp³-hybridized carbons (Fsp3) is 0.400. The lowest BCUT2D eigenvalue weighted by Gasteiger charge is -2.06. The van der Waals surface area contributed by atoms with Gasteiger partial charge in [-0.15, -0.1) is 20.5 Å². The Labute approximate surface area is 285 Å². The molecule has 0 aliphatic carbocycles. The molecule has 0 amide bonds. The van der Waals surface area contributed by atoms with E-state index in [-0.39, 0.29) is 40.1 Å². The summed E-state index contributed by atoms with van der Waals surface area (Å²) < 4.78 is 10.5. The molecule has 5 heterocycles. The number of aliphatic hydroxyl groups excluding tert-OH is 1.